The Bertz CT molecular complexity index is 1160. The van der Waals surface area contributed by atoms with Crippen LogP contribution < -0.4 is 4.74 Å². The molecule has 1 aliphatic heterocycles. The Morgan fingerprint density at radius 1 is 0.853 bits per heavy atom. The van der Waals surface area contributed by atoms with Gasteiger partial charge in [0.25, 0.3) is 11.8 Å². The molecule has 0 saturated carbocycles. The fraction of sp³-hybridized carbons (Fsp3) is 0.240. The van der Waals surface area contributed by atoms with Crippen molar-refractivity contribution in [1.29, 1.82) is 0 Å². The van der Waals surface area contributed by atoms with Crippen LogP contribution in [0.2, 0.25) is 0 Å². The maximum Gasteiger partial charge on any atom is 0.416 e. The summed E-state index contributed by atoms with van der Waals surface area (Å²) in [6, 6.07) is 14.9. The smallest absolute Gasteiger partial charge is 0.416 e. The van der Waals surface area contributed by atoms with Gasteiger partial charge in [0.05, 0.1) is 5.56 Å². The largest absolute Gasteiger partial charge is 0.489 e. The Morgan fingerprint density at radius 2 is 1.47 bits per heavy atom. The molecule has 0 spiro atoms. The van der Waals surface area contributed by atoms with Gasteiger partial charge in [0.1, 0.15) is 12.4 Å². The van der Waals surface area contributed by atoms with Crippen LogP contribution in [0.15, 0.2) is 73.1 Å². The van der Waals surface area contributed by atoms with Crippen molar-refractivity contribution in [3.8, 4) is 5.75 Å². The molecular formula is C25H22F3N3O3. The number of halogens is 3. The van der Waals surface area contributed by atoms with E-state index >= 15 is 0 Å². The molecule has 1 aromatic heterocycles. The van der Waals surface area contributed by atoms with Crippen LogP contribution in [0.1, 0.15) is 31.8 Å². The summed E-state index contributed by atoms with van der Waals surface area (Å²) in [5, 5.41) is 0. The second-order valence-electron chi connectivity index (χ2n) is 7.84. The highest BCUT2D eigenvalue weighted by Crippen LogP contribution is 2.30. The van der Waals surface area contributed by atoms with Gasteiger partial charge in [-0.1, -0.05) is 18.2 Å². The molecule has 3 aromatic rings. The Morgan fingerprint density at radius 3 is 2.06 bits per heavy atom. The van der Waals surface area contributed by atoms with Crippen molar-refractivity contribution >= 4 is 11.8 Å². The molecule has 0 aliphatic carbocycles. The lowest BCUT2D eigenvalue weighted by atomic mass is 10.1. The molecule has 0 N–H and O–H groups in total. The Hall–Kier alpha value is -3.88. The molecule has 0 unspecified atom stereocenters. The van der Waals surface area contributed by atoms with E-state index in [1.54, 1.807) is 41.6 Å². The first-order valence-electron chi connectivity index (χ1n) is 10.7. The molecule has 0 bridgehead atoms. The fourth-order valence-corrected chi connectivity index (χ4v) is 3.68. The molecule has 4 rings (SSSR count). The van der Waals surface area contributed by atoms with Gasteiger partial charge in [-0.05, 0) is 42.5 Å². The van der Waals surface area contributed by atoms with Gasteiger partial charge < -0.3 is 14.5 Å². The van der Waals surface area contributed by atoms with Crippen molar-refractivity contribution in [2.75, 3.05) is 26.2 Å². The monoisotopic (exact) mass is 469 g/mol. The van der Waals surface area contributed by atoms with Gasteiger partial charge in [0.2, 0.25) is 0 Å². The summed E-state index contributed by atoms with van der Waals surface area (Å²) in [4.78, 5) is 32.8. The number of hydrogen-bond acceptors (Lipinski definition) is 4. The highest BCUT2D eigenvalue weighted by Gasteiger charge is 2.32. The summed E-state index contributed by atoms with van der Waals surface area (Å²) >= 11 is 0. The third-order valence-electron chi connectivity index (χ3n) is 5.50. The number of piperazine rings is 1. The number of alkyl halides is 3. The number of ether oxygens (including phenoxy) is 1. The van der Waals surface area contributed by atoms with Crippen molar-refractivity contribution in [3.05, 3.63) is 95.3 Å². The predicted octanol–water partition coefficient (Wildman–Crippen LogP) is 4.28. The third-order valence-corrected chi connectivity index (χ3v) is 5.50. The van der Waals surface area contributed by atoms with Crippen LogP contribution in [0.5, 0.6) is 5.75 Å². The van der Waals surface area contributed by atoms with Crippen LogP contribution in [0.3, 0.4) is 0 Å². The van der Waals surface area contributed by atoms with Gasteiger partial charge in [0.15, 0.2) is 0 Å². The van der Waals surface area contributed by atoms with Crippen LogP contribution in [-0.2, 0) is 12.8 Å². The summed E-state index contributed by atoms with van der Waals surface area (Å²) in [5.41, 5.74) is 0.480. The lowest BCUT2D eigenvalue weighted by molar-refractivity contribution is -0.137. The van der Waals surface area contributed by atoms with E-state index in [9.17, 15) is 22.8 Å². The second-order valence-corrected chi connectivity index (χ2v) is 7.84. The molecule has 6 nitrogen and oxygen atoms in total. The number of amides is 2. The second kappa shape index (κ2) is 9.94. The fourth-order valence-electron chi connectivity index (χ4n) is 3.68. The molecule has 0 radical (unpaired) electrons. The van der Waals surface area contributed by atoms with Crippen molar-refractivity contribution < 1.29 is 27.5 Å². The quantitative estimate of drug-likeness (QED) is 0.560. The number of aromatic nitrogens is 1. The average Bonchev–Trinajstić information content (AvgIpc) is 2.87. The van der Waals surface area contributed by atoms with E-state index < -0.39 is 17.6 Å². The van der Waals surface area contributed by atoms with E-state index in [4.69, 9.17) is 4.74 Å². The lowest BCUT2D eigenvalue weighted by Gasteiger charge is -2.35. The van der Waals surface area contributed by atoms with E-state index in [2.05, 4.69) is 4.98 Å². The third kappa shape index (κ3) is 5.54. The van der Waals surface area contributed by atoms with Crippen molar-refractivity contribution in [3.63, 3.8) is 0 Å². The number of hydrogen-bond donors (Lipinski definition) is 0. The first-order chi connectivity index (χ1) is 16.3. The number of nitrogens with zero attached hydrogens (tertiary/aromatic N) is 3. The zero-order valence-electron chi connectivity index (χ0n) is 18.2. The SMILES string of the molecule is O=C(c1cccc(OCc2cccnc2)c1)N1CCN(C(=O)c2cccc(C(F)(F)F)c2)CC1. The summed E-state index contributed by atoms with van der Waals surface area (Å²) in [6.07, 6.45) is -1.14. The minimum Gasteiger partial charge on any atom is -0.489 e. The van der Waals surface area contributed by atoms with E-state index in [0.717, 1.165) is 17.7 Å². The van der Waals surface area contributed by atoms with Crippen LogP contribution in [0.25, 0.3) is 0 Å². The van der Waals surface area contributed by atoms with Crippen LogP contribution in [0, 0.1) is 0 Å². The number of pyridine rings is 1. The molecule has 0 atom stereocenters. The number of rotatable bonds is 5. The molecule has 1 aliphatic rings. The minimum atomic E-state index is -4.52. The molecule has 34 heavy (non-hydrogen) atoms. The van der Waals surface area contributed by atoms with E-state index in [0.29, 0.717) is 17.9 Å². The highest BCUT2D eigenvalue weighted by atomic mass is 19.4. The number of benzene rings is 2. The molecule has 1 fully saturated rings. The molecule has 2 aromatic carbocycles. The average molecular weight is 469 g/mol. The molecular weight excluding hydrogens is 447 g/mol. The molecule has 2 heterocycles. The topological polar surface area (TPSA) is 62.7 Å². The van der Waals surface area contributed by atoms with Gasteiger partial charge >= 0.3 is 6.18 Å². The number of carbonyl (C=O) groups is 2. The van der Waals surface area contributed by atoms with Gasteiger partial charge in [0, 0.05) is 55.3 Å². The predicted molar refractivity (Wildman–Crippen MR) is 118 cm³/mol. The minimum absolute atomic E-state index is 0.0203. The first-order valence-corrected chi connectivity index (χ1v) is 10.7. The van der Waals surface area contributed by atoms with Gasteiger partial charge in [-0.2, -0.15) is 13.2 Å². The molecule has 2 amide bonds. The summed E-state index contributed by atoms with van der Waals surface area (Å²) in [6.45, 7) is 1.35. The first kappa shape index (κ1) is 23.3. The van der Waals surface area contributed by atoms with E-state index in [-0.39, 0.29) is 37.6 Å². The normalized spacial score (nSPS) is 14.1. The van der Waals surface area contributed by atoms with E-state index in [1.807, 2.05) is 12.1 Å². The van der Waals surface area contributed by atoms with E-state index in [1.165, 1.54) is 17.0 Å². The molecule has 176 valence electrons. The Balaban J connectivity index is 1.35. The van der Waals surface area contributed by atoms with Crippen molar-refractivity contribution in [2.24, 2.45) is 0 Å². The molecule has 9 heteroatoms. The zero-order chi connectivity index (χ0) is 24.1. The Kier molecular flexibility index (Phi) is 6.81. The number of carbonyl (C=O) groups excluding carboxylic acids is 2. The lowest BCUT2D eigenvalue weighted by Crippen LogP contribution is -2.50. The van der Waals surface area contributed by atoms with Crippen LogP contribution in [0.4, 0.5) is 13.2 Å². The summed E-state index contributed by atoms with van der Waals surface area (Å²) in [5.74, 6) is -0.130. The van der Waals surface area contributed by atoms with Crippen LogP contribution in [-0.4, -0.2) is 52.8 Å². The van der Waals surface area contributed by atoms with Gasteiger partial charge in [-0.3, -0.25) is 14.6 Å². The summed E-state index contributed by atoms with van der Waals surface area (Å²) < 4.78 is 44.6. The summed E-state index contributed by atoms with van der Waals surface area (Å²) in [7, 11) is 0. The van der Waals surface area contributed by atoms with Crippen molar-refractivity contribution in [2.45, 2.75) is 12.8 Å². The standard InChI is InChI=1S/C25H22F3N3O3/c26-25(27,28)21-7-1-5-19(14-21)23(32)30-10-12-31(13-11-30)24(33)20-6-2-8-22(15-20)34-17-18-4-3-9-29-16-18/h1-9,14-16H,10-13,17H2. The van der Waals surface area contributed by atoms with Crippen LogP contribution >= 0.6 is 0 Å². The zero-order valence-corrected chi connectivity index (χ0v) is 18.2. The Labute approximate surface area is 194 Å². The highest BCUT2D eigenvalue weighted by molar-refractivity contribution is 5.96. The van der Waals surface area contributed by atoms with Gasteiger partial charge in [-0.15, -0.1) is 0 Å². The maximum absolute atomic E-state index is 13.0. The van der Waals surface area contributed by atoms with Crippen molar-refractivity contribution in [1.82, 2.24) is 14.8 Å². The maximum atomic E-state index is 13.0. The van der Waals surface area contributed by atoms with Gasteiger partial charge in [-0.25, -0.2) is 0 Å². The molecule has 1 saturated heterocycles.